The molecule has 5 nitrogen and oxygen atoms in total. The van der Waals surface area contributed by atoms with Crippen molar-refractivity contribution in [2.45, 2.75) is 49.1 Å². The highest BCUT2D eigenvalue weighted by atomic mass is 32.2. The van der Waals surface area contributed by atoms with E-state index in [0.29, 0.717) is 12.5 Å². The Morgan fingerprint density at radius 3 is 2.38 bits per heavy atom. The summed E-state index contributed by atoms with van der Waals surface area (Å²) in [4.78, 5) is 12.6. The van der Waals surface area contributed by atoms with E-state index < -0.39 is 0 Å². The van der Waals surface area contributed by atoms with Crippen molar-refractivity contribution in [2.24, 2.45) is 0 Å². The molecule has 0 aliphatic heterocycles. The number of rotatable bonds is 9. The quantitative estimate of drug-likeness (QED) is 0.545. The molecule has 6 heteroatoms. The summed E-state index contributed by atoms with van der Waals surface area (Å²) >= 11 is 1.49. The number of thioether (sulfide) groups is 1. The smallest absolute Gasteiger partial charge is 0.233 e. The van der Waals surface area contributed by atoms with Gasteiger partial charge in [-0.15, -0.1) is 10.2 Å². The largest absolute Gasteiger partial charge is 0.355 e. The molecule has 1 heterocycles. The lowest BCUT2D eigenvalue weighted by molar-refractivity contribution is -0.120. The summed E-state index contributed by atoms with van der Waals surface area (Å²) in [5.74, 6) is 1.59. The maximum Gasteiger partial charge on any atom is 0.233 e. The second kappa shape index (κ2) is 9.27. The Balaban J connectivity index is 1.38. The minimum atomic E-state index is -0.225. The van der Waals surface area contributed by atoms with Gasteiger partial charge in [0.25, 0.3) is 0 Å². The number of benzene rings is 2. The van der Waals surface area contributed by atoms with Gasteiger partial charge < -0.3 is 9.88 Å². The number of hydrogen-bond acceptors (Lipinski definition) is 4. The van der Waals surface area contributed by atoms with Gasteiger partial charge in [-0.1, -0.05) is 72.4 Å². The van der Waals surface area contributed by atoms with Crippen LogP contribution in [0.25, 0.3) is 0 Å². The van der Waals surface area contributed by atoms with Crippen molar-refractivity contribution >= 4 is 17.7 Å². The van der Waals surface area contributed by atoms with Gasteiger partial charge >= 0.3 is 0 Å². The van der Waals surface area contributed by atoms with Crippen LogP contribution in [0.2, 0.25) is 0 Å². The average Bonchev–Trinajstić information content (AvgIpc) is 3.52. The molecule has 1 saturated carbocycles. The maximum atomic E-state index is 12.6. The first-order valence-electron chi connectivity index (χ1n) is 10.2. The van der Waals surface area contributed by atoms with Gasteiger partial charge in [0.05, 0.1) is 11.8 Å². The van der Waals surface area contributed by atoms with Gasteiger partial charge in [-0.3, -0.25) is 4.79 Å². The van der Waals surface area contributed by atoms with E-state index in [9.17, 15) is 4.79 Å². The van der Waals surface area contributed by atoms with Gasteiger partial charge in [0.1, 0.15) is 5.82 Å². The second-order valence-corrected chi connectivity index (χ2v) is 8.78. The van der Waals surface area contributed by atoms with Gasteiger partial charge in [-0.25, -0.2) is 0 Å². The second-order valence-electron chi connectivity index (χ2n) is 7.47. The summed E-state index contributed by atoms with van der Waals surface area (Å²) in [6, 6.07) is 20.6. The van der Waals surface area contributed by atoms with Gasteiger partial charge in [-0.2, -0.15) is 0 Å². The molecule has 0 saturated heterocycles. The van der Waals surface area contributed by atoms with Crippen LogP contribution >= 0.6 is 11.8 Å². The van der Waals surface area contributed by atoms with Crippen LogP contribution in [0.15, 0.2) is 65.8 Å². The minimum Gasteiger partial charge on any atom is -0.355 e. The Labute approximate surface area is 175 Å². The van der Waals surface area contributed by atoms with E-state index in [4.69, 9.17) is 0 Å². The van der Waals surface area contributed by atoms with Crippen molar-refractivity contribution in [3.8, 4) is 0 Å². The average molecular weight is 407 g/mol. The van der Waals surface area contributed by atoms with E-state index in [0.717, 1.165) is 23.9 Å². The van der Waals surface area contributed by atoms with Crippen LogP contribution in [0.1, 0.15) is 42.6 Å². The topological polar surface area (TPSA) is 59.8 Å². The van der Waals surface area contributed by atoms with Crippen LogP contribution in [0, 0.1) is 0 Å². The van der Waals surface area contributed by atoms with Crippen LogP contribution in [0.4, 0.5) is 0 Å². The van der Waals surface area contributed by atoms with Crippen LogP contribution in [-0.4, -0.2) is 32.5 Å². The summed E-state index contributed by atoms with van der Waals surface area (Å²) in [5.41, 5.74) is 2.45. The fraction of sp³-hybridized carbons (Fsp3) is 0.348. The highest BCUT2D eigenvalue weighted by Crippen LogP contribution is 2.40. The predicted octanol–water partition coefficient (Wildman–Crippen LogP) is 4.04. The Morgan fingerprint density at radius 2 is 1.72 bits per heavy atom. The lowest BCUT2D eigenvalue weighted by atomic mass is 10.1. The molecule has 0 bridgehead atoms. The lowest BCUT2D eigenvalue weighted by Crippen LogP contribution is -2.32. The van der Waals surface area contributed by atoms with Crippen molar-refractivity contribution < 1.29 is 4.79 Å². The third kappa shape index (κ3) is 5.26. The number of carbonyl (C=O) groups is 1. The van der Waals surface area contributed by atoms with Crippen molar-refractivity contribution in [1.82, 2.24) is 20.1 Å². The van der Waals surface area contributed by atoms with Crippen LogP contribution in [0.3, 0.4) is 0 Å². The van der Waals surface area contributed by atoms with E-state index in [1.807, 2.05) is 43.3 Å². The van der Waals surface area contributed by atoms with E-state index >= 15 is 0 Å². The molecule has 1 fully saturated rings. The number of nitrogens with one attached hydrogen (secondary N) is 1. The fourth-order valence-electron chi connectivity index (χ4n) is 3.28. The van der Waals surface area contributed by atoms with Gasteiger partial charge in [-0.05, 0) is 37.3 Å². The van der Waals surface area contributed by atoms with Crippen molar-refractivity contribution in [3.05, 3.63) is 77.6 Å². The molecule has 1 N–H and O–H groups in total. The number of hydrogen-bond donors (Lipinski definition) is 1. The third-order valence-electron chi connectivity index (χ3n) is 5.08. The molecule has 150 valence electrons. The van der Waals surface area contributed by atoms with E-state index in [2.05, 4.69) is 44.3 Å². The molecule has 3 aromatic rings. The summed E-state index contributed by atoms with van der Waals surface area (Å²) in [5, 5.41) is 12.5. The van der Waals surface area contributed by atoms with E-state index in [1.165, 1.54) is 35.7 Å². The van der Waals surface area contributed by atoms with Crippen LogP contribution < -0.4 is 5.32 Å². The summed E-state index contributed by atoms with van der Waals surface area (Å²) in [7, 11) is 0. The monoisotopic (exact) mass is 406 g/mol. The van der Waals surface area contributed by atoms with Crippen molar-refractivity contribution in [2.75, 3.05) is 6.54 Å². The first-order chi connectivity index (χ1) is 14.2. The fourth-order valence-corrected chi connectivity index (χ4v) is 4.16. The highest BCUT2D eigenvalue weighted by molar-refractivity contribution is 8.00. The molecule has 1 aromatic heterocycles. The molecule has 1 amide bonds. The maximum absolute atomic E-state index is 12.6. The molecule has 1 aliphatic rings. The molecule has 1 aliphatic carbocycles. The number of amides is 1. The summed E-state index contributed by atoms with van der Waals surface area (Å²) in [6.45, 7) is 3.31. The standard InChI is InChI=1S/C23H26N4OS/c1-17(22(28)24-15-14-18-8-4-2-5-9-18)29-23-26-25-21(20-12-13-20)27(23)16-19-10-6-3-7-11-19/h2-11,17,20H,12-16H2,1H3,(H,24,28)/t17-/m1/s1. The van der Waals surface area contributed by atoms with E-state index in [1.54, 1.807) is 0 Å². The molecule has 2 aromatic carbocycles. The lowest BCUT2D eigenvalue weighted by Gasteiger charge is -2.14. The first kappa shape index (κ1) is 19.7. The van der Waals surface area contributed by atoms with Crippen molar-refractivity contribution in [1.29, 1.82) is 0 Å². The van der Waals surface area contributed by atoms with Crippen LogP contribution in [-0.2, 0) is 17.8 Å². The Bertz CT molecular complexity index is 938. The van der Waals surface area contributed by atoms with Gasteiger partial charge in [0.2, 0.25) is 5.91 Å². The SMILES string of the molecule is C[C@@H](Sc1nnc(C2CC2)n1Cc1ccccc1)C(=O)NCCc1ccccc1. The number of aromatic nitrogens is 3. The number of nitrogens with zero attached hydrogens (tertiary/aromatic N) is 3. The normalized spacial score (nSPS) is 14.5. The Hall–Kier alpha value is -2.60. The van der Waals surface area contributed by atoms with Crippen molar-refractivity contribution in [3.63, 3.8) is 0 Å². The summed E-state index contributed by atoms with van der Waals surface area (Å²) < 4.78 is 2.19. The minimum absolute atomic E-state index is 0.0353. The zero-order valence-electron chi connectivity index (χ0n) is 16.6. The van der Waals surface area contributed by atoms with Gasteiger partial charge in [0.15, 0.2) is 5.16 Å². The molecular formula is C23H26N4OS. The zero-order valence-corrected chi connectivity index (χ0v) is 17.4. The third-order valence-corrected chi connectivity index (χ3v) is 6.16. The Kier molecular flexibility index (Phi) is 6.30. The van der Waals surface area contributed by atoms with Crippen LogP contribution in [0.5, 0.6) is 0 Å². The molecule has 1 atom stereocenters. The van der Waals surface area contributed by atoms with Gasteiger partial charge in [0, 0.05) is 12.5 Å². The molecular weight excluding hydrogens is 380 g/mol. The predicted molar refractivity (Wildman–Crippen MR) is 116 cm³/mol. The Morgan fingerprint density at radius 1 is 1.07 bits per heavy atom. The molecule has 4 rings (SSSR count). The summed E-state index contributed by atoms with van der Waals surface area (Å²) in [6.07, 6.45) is 3.18. The molecule has 29 heavy (non-hydrogen) atoms. The zero-order chi connectivity index (χ0) is 20.1. The van der Waals surface area contributed by atoms with E-state index in [-0.39, 0.29) is 11.2 Å². The molecule has 0 spiro atoms. The molecule has 0 unspecified atom stereocenters. The highest BCUT2D eigenvalue weighted by Gasteiger charge is 2.31. The first-order valence-corrected chi connectivity index (χ1v) is 11.0. The number of carbonyl (C=O) groups excluding carboxylic acids is 1. The molecule has 0 radical (unpaired) electrons.